The SMILES string of the molecule is Cc1oc(-c2cnn(C)c2)nc1C(=O)N1CCC(NCC2CC2)CC1. The van der Waals surface area contributed by atoms with Gasteiger partial charge in [-0.1, -0.05) is 0 Å². The molecule has 0 spiro atoms. The molecule has 1 saturated heterocycles. The lowest BCUT2D eigenvalue weighted by atomic mass is 10.0. The molecule has 4 rings (SSSR count). The Labute approximate surface area is 147 Å². The maximum Gasteiger partial charge on any atom is 0.276 e. The van der Waals surface area contributed by atoms with Gasteiger partial charge in [-0.2, -0.15) is 5.10 Å². The Morgan fingerprint density at radius 3 is 2.72 bits per heavy atom. The van der Waals surface area contributed by atoms with Crippen molar-refractivity contribution < 1.29 is 9.21 Å². The van der Waals surface area contributed by atoms with Crippen LogP contribution in [0.25, 0.3) is 11.5 Å². The minimum absolute atomic E-state index is 0.0305. The Kier molecular flexibility index (Phi) is 4.33. The van der Waals surface area contributed by atoms with Crippen LogP contribution in [0.15, 0.2) is 16.8 Å². The lowest BCUT2D eigenvalue weighted by Crippen LogP contribution is -2.45. The third kappa shape index (κ3) is 3.61. The molecule has 0 aromatic carbocycles. The van der Waals surface area contributed by atoms with Crippen molar-refractivity contribution in [1.82, 2.24) is 25.0 Å². The Morgan fingerprint density at radius 2 is 2.08 bits per heavy atom. The Bertz CT molecular complexity index is 753. The zero-order valence-electron chi connectivity index (χ0n) is 14.9. The molecular formula is C18H25N5O2. The number of hydrogen-bond acceptors (Lipinski definition) is 5. The van der Waals surface area contributed by atoms with Crippen molar-refractivity contribution in [2.24, 2.45) is 13.0 Å². The summed E-state index contributed by atoms with van der Waals surface area (Å²) in [6.07, 6.45) is 8.27. The Balaban J connectivity index is 1.38. The summed E-state index contributed by atoms with van der Waals surface area (Å²) in [7, 11) is 1.84. The number of rotatable bonds is 5. The second-order valence-corrected chi connectivity index (χ2v) is 7.24. The number of likely N-dealkylation sites (tertiary alicyclic amines) is 1. The molecule has 3 heterocycles. The predicted molar refractivity (Wildman–Crippen MR) is 93.1 cm³/mol. The topological polar surface area (TPSA) is 76.2 Å². The first-order chi connectivity index (χ1) is 12.1. The minimum atomic E-state index is -0.0305. The number of nitrogens with zero attached hydrogens (tertiary/aromatic N) is 4. The maximum atomic E-state index is 12.8. The van der Waals surface area contributed by atoms with Gasteiger partial charge < -0.3 is 14.6 Å². The summed E-state index contributed by atoms with van der Waals surface area (Å²) in [6.45, 7) is 4.48. The molecule has 7 heteroatoms. The first kappa shape index (κ1) is 16.3. The van der Waals surface area contributed by atoms with Crippen LogP contribution in [0.1, 0.15) is 41.9 Å². The second-order valence-electron chi connectivity index (χ2n) is 7.24. The normalized spacial score (nSPS) is 18.7. The summed E-state index contributed by atoms with van der Waals surface area (Å²) in [6, 6.07) is 0.536. The highest BCUT2D eigenvalue weighted by Crippen LogP contribution is 2.28. The van der Waals surface area contributed by atoms with Gasteiger partial charge in [0.05, 0.1) is 11.8 Å². The quantitative estimate of drug-likeness (QED) is 0.898. The smallest absolute Gasteiger partial charge is 0.276 e. The Hall–Kier alpha value is -2.15. The third-order valence-corrected chi connectivity index (χ3v) is 5.13. The number of oxazole rings is 1. The van der Waals surface area contributed by atoms with Gasteiger partial charge in [-0.05, 0) is 45.1 Å². The number of carbonyl (C=O) groups is 1. The number of aryl methyl sites for hydroxylation is 2. The molecule has 0 atom stereocenters. The number of piperidine rings is 1. The summed E-state index contributed by atoms with van der Waals surface area (Å²) < 4.78 is 7.38. The van der Waals surface area contributed by atoms with Crippen LogP contribution < -0.4 is 5.32 Å². The zero-order chi connectivity index (χ0) is 17.4. The fourth-order valence-electron chi connectivity index (χ4n) is 3.34. The molecule has 1 saturated carbocycles. The van der Waals surface area contributed by atoms with Gasteiger partial charge >= 0.3 is 0 Å². The minimum Gasteiger partial charge on any atom is -0.440 e. The summed E-state index contributed by atoms with van der Waals surface area (Å²) in [5.74, 6) is 1.88. The van der Waals surface area contributed by atoms with Crippen molar-refractivity contribution in [2.75, 3.05) is 19.6 Å². The molecular weight excluding hydrogens is 318 g/mol. The van der Waals surface area contributed by atoms with Crippen LogP contribution >= 0.6 is 0 Å². The van der Waals surface area contributed by atoms with Gasteiger partial charge in [-0.25, -0.2) is 4.98 Å². The molecule has 2 aromatic heterocycles. The molecule has 7 nitrogen and oxygen atoms in total. The molecule has 2 aliphatic rings. The Morgan fingerprint density at radius 1 is 1.32 bits per heavy atom. The molecule has 25 heavy (non-hydrogen) atoms. The fourth-order valence-corrected chi connectivity index (χ4v) is 3.34. The zero-order valence-corrected chi connectivity index (χ0v) is 14.9. The molecule has 2 aromatic rings. The summed E-state index contributed by atoms with van der Waals surface area (Å²) in [5, 5.41) is 7.76. The van der Waals surface area contributed by atoms with Crippen molar-refractivity contribution in [1.29, 1.82) is 0 Å². The van der Waals surface area contributed by atoms with Crippen LogP contribution in [0.4, 0.5) is 0 Å². The molecule has 0 unspecified atom stereocenters. The van der Waals surface area contributed by atoms with Crippen LogP contribution in [0.5, 0.6) is 0 Å². The highest BCUT2D eigenvalue weighted by molar-refractivity contribution is 5.93. The fraction of sp³-hybridized carbons (Fsp3) is 0.611. The molecule has 134 valence electrons. The lowest BCUT2D eigenvalue weighted by molar-refractivity contribution is 0.0698. The van der Waals surface area contributed by atoms with E-state index in [0.717, 1.165) is 44.0 Å². The molecule has 0 bridgehead atoms. The molecule has 1 aliphatic carbocycles. The van der Waals surface area contributed by atoms with E-state index < -0.39 is 0 Å². The van der Waals surface area contributed by atoms with E-state index in [0.29, 0.717) is 23.4 Å². The second kappa shape index (κ2) is 6.63. The number of carbonyl (C=O) groups excluding carboxylic acids is 1. The van der Waals surface area contributed by atoms with E-state index in [4.69, 9.17) is 4.42 Å². The van der Waals surface area contributed by atoms with Crippen LogP contribution in [-0.2, 0) is 7.05 Å². The number of hydrogen-bond donors (Lipinski definition) is 1. The van der Waals surface area contributed by atoms with Crippen molar-refractivity contribution >= 4 is 5.91 Å². The third-order valence-electron chi connectivity index (χ3n) is 5.13. The standard InChI is InChI=1S/C18H25N5O2/c1-12-16(21-17(25-12)14-10-20-22(2)11-14)18(24)23-7-5-15(6-8-23)19-9-13-3-4-13/h10-11,13,15,19H,3-9H2,1-2H3. The molecule has 2 fully saturated rings. The summed E-state index contributed by atoms with van der Waals surface area (Å²) >= 11 is 0. The van der Waals surface area contributed by atoms with Crippen LogP contribution in [0, 0.1) is 12.8 Å². The predicted octanol–water partition coefficient (Wildman–Crippen LogP) is 1.99. The highest BCUT2D eigenvalue weighted by Gasteiger charge is 2.29. The molecule has 1 amide bonds. The van der Waals surface area contributed by atoms with Crippen molar-refractivity contribution in [2.45, 2.75) is 38.6 Å². The van der Waals surface area contributed by atoms with E-state index >= 15 is 0 Å². The average molecular weight is 343 g/mol. The maximum absolute atomic E-state index is 12.8. The van der Waals surface area contributed by atoms with Gasteiger partial charge in [0.25, 0.3) is 5.91 Å². The van der Waals surface area contributed by atoms with E-state index in [2.05, 4.69) is 15.4 Å². The van der Waals surface area contributed by atoms with Gasteiger partial charge in [-0.3, -0.25) is 9.48 Å². The molecule has 0 radical (unpaired) electrons. The number of amides is 1. The van der Waals surface area contributed by atoms with Crippen LogP contribution in [0.3, 0.4) is 0 Å². The average Bonchev–Trinajstić information content (AvgIpc) is 3.22. The van der Waals surface area contributed by atoms with E-state index in [1.807, 2.05) is 18.1 Å². The van der Waals surface area contributed by atoms with Gasteiger partial charge in [0.2, 0.25) is 5.89 Å². The van der Waals surface area contributed by atoms with Crippen molar-refractivity contribution in [3.63, 3.8) is 0 Å². The van der Waals surface area contributed by atoms with Crippen molar-refractivity contribution in [3.8, 4) is 11.5 Å². The van der Waals surface area contributed by atoms with Crippen LogP contribution in [-0.4, -0.2) is 51.2 Å². The van der Waals surface area contributed by atoms with E-state index in [9.17, 15) is 4.79 Å². The summed E-state index contributed by atoms with van der Waals surface area (Å²) in [4.78, 5) is 19.1. The van der Waals surface area contributed by atoms with E-state index in [1.165, 1.54) is 12.8 Å². The highest BCUT2D eigenvalue weighted by atomic mass is 16.4. The van der Waals surface area contributed by atoms with Crippen LogP contribution in [0.2, 0.25) is 0 Å². The van der Waals surface area contributed by atoms with Gasteiger partial charge in [0.1, 0.15) is 5.76 Å². The van der Waals surface area contributed by atoms with E-state index in [-0.39, 0.29) is 5.91 Å². The lowest BCUT2D eigenvalue weighted by Gasteiger charge is -2.32. The van der Waals surface area contributed by atoms with Crippen molar-refractivity contribution in [3.05, 3.63) is 23.8 Å². The molecule has 1 N–H and O–H groups in total. The monoisotopic (exact) mass is 343 g/mol. The van der Waals surface area contributed by atoms with E-state index in [1.54, 1.807) is 17.8 Å². The van der Waals surface area contributed by atoms with Gasteiger partial charge in [0, 0.05) is 32.4 Å². The van der Waals surface area contributed by atoms with Gasteiger partial charge in [-0.15, -0.1) is 0 Å². The first-order valence-corrected chi connectivity index (χ1v) is 9.09. The van der Waals surface area contributed by atoms with Gasteiger partial charge in [0.15, 0.2) is 5.69 Å². The largest absolute Gasteiger partial charge is 0.440 e. The number of aromatic nitrogens is 3. The first-order valence-electron chi connectivity index (χ1n) is 9.09. The number of nitrogens with one attached hydrogen (secondary N) is 1. The summed E-state index contributed by atoms with van der Waals surface area (Å²) in [5.41, 5.74) is 1.20. The molecule has 1 aliphatic heterocycles.